The minimum atomic E-state index is -0.395. The maximum absolute atomic E-state index is 6.26. The van der Waals surface area contributed by atoms with Crippen LogP contribution < -0.4 is 10.2 Å². The van der Waals surface area contributed by atoms with Crippen molar-refractivity contribution in [2.24, 2.45) is 0 Å². The van der Waals surface area contributed by atoms with Gasteiger partial charge in [-0.3, -0.25) is 0 Å². The lowest BCUT2D eigenvalue weighted by Gasteiger charge is -2.38. The van der Waals surface area contributed by atoms with Gasteiger partial charge in [0.1, 0.15) is 17.5 Å². The normalized spacial score (nSPS) is 19.1. The zero-order valence-corrected chi connectivity index (χ0v) is 16.0. The molecule has 1 aromatic heterocycles. The average molecular weight is 395 g/mol. The quantitative estimate of drug-likeness (QED) is 0.842. The first-order valence-corrected chi connectivity index (χ1v) is 9.40. The van der Waals surface area contributed by atoms with E-state index in [9.17, 15) is 0 Å². The van der Waals surface area contributed by atoms with Crippen LogP contribution in [0.1, 0.15) is 18.7 Å². The van der Waals surface area contributed by atoms with E-state index in [1.165, 1.54) is 0 Å². The Morgan fingerprint density at radius 3 is 2.58 bits per heavy atom. The number of ether oxygens (including phenoxy) is 2. The van der Waals surface area contributed by atoms with Crippen molar-refractivity contribution < 1.29 is 9.47 Å². The summed E-state index contributed by atoms with van der Waals surface area (Å²) in [6.07, 6.45) is 1.66. The summed E-state index contributed by atoms with van der Waals surface area (Å²) < 4.78 is 11.6. The average Bonchev–Trinajstić information content (AvgIpc) is 3.07. The summed E-state index contributed by atoms with van der Waals surface area (Å²) in [6.45, 7) is 4.90. The molecule has 1 aromatic carbocycles. The van der Waals surface area contributed by atoms with Gasteiger partial charge in [0.2, 0.25) is 0 Å². The van der Waals surface area contributed by atoms with Crippen molar-refractivity contribution in [1.29, 1.82) is 0 Å². The highest BCUT2D eigenvalue weighted by molar-refractivity contribution is 6.43. The van der Waals surface area contributed by atoms with Crippen LogP contribution in [0.25, 0.3) is 0 Å². The Morgan fingerprint density at radius 1 is 1.12 bits per heavy atom. The molecule has 6 nitrogen and oxygen atoms in total. The Bertz CT molecular complexity index is 802. The first kappa shape index (κ1) is 17.8. The van der Waals surface area contributed by atoms with Crippen LogP contribution in [0.2, 0.25) is 10.0 Å². The van der Waals surface area contributed by atoms with Crippen molar-refractivity contribution in [2.75, 3.05) is 36.5 Å². The topological polar surface area (TPSA) is 59.5 Å². The maximum Gasteiger partial charge on any atom is 0.171 e. The summed E-state index contributed by atoms with van der Waals surface area (Å²) >= 11 is 12.4. The number of aryl methyl sites for hydroxylation is 1. The van der Waals surface area contributed by atoms with Gasteiger partial charge in [-0.15, -0.1) is 0 Å². The molecule has 0 saturated carbocycles. The molecule has 26 heavy (non-hydrogen) atoms. The highest BCUT2D eigenvalue weighted by Gasteiger charge is 2.40. The number of hydrogen-bond donors (Lipinski definition) is 1. The predicted molar refractivity (Wildman–Crippen MR) is 103 cm³/mol. The van der Waals surface area contributed by atoms with Crippen LogP contribution in [0.5, 0.6) is 0 Å². The van der Waals surface area contributed by atoms with Crippen molar-refractivity contribution >= 4 is 40.5 Å². The van der Waals surface area contributed by atoms with Crippen LogP contribution >= 0.6 is 23.2 Å². The molecule has 0 amide bonds. The number of nitrogens with one attached hydrogen (secondary N) is 1. The molecule has 3 heterocycles. The van der Waals surface area contributed by atoms with E-state index in [2.05, 4.69) is 20.2 Å². The van der Waals surface area contributed by atoms with Crippen molar-refractivity contribution in [2.45, 2.75) is 25.6 Å². The van der Waals surface area contributed by atoms with Crippen LogP contribution in [-0.4, -0.2) is 42.1 Å². The predicted octanol–water partition coefficient (Wildman–Crippen LogP) is 4.18. The first-order chi connectivity index (χ1) is 12.5. The molecule has 0 radical (unpaired) electrons. The van der Waals surface area contributed by atoms with Gasteiger partial charge in [-0.25, -0.2) is 9.97 Å². The van der Waals surface area contributed by atoms with Crippen molar-refractivity contribution in [3.63, 3.8) is 0 Å². The molecular weight excluding hydrogens is 375 g/mol. The smallest absolute Gasteiger partial charge is 0.171 e. The van der Waals surface area contributed by atoms with E-state index in [1.54, 1.807) is 6.07 Å². The highest BCUT2D eigenvalue weighted by atomic mass is 35.5. The van der Waals surface area contributed by atoms with Gasteiger partial charge in [-0.05, 0) is 19.1 Å². The van der Waals surface area contributed by atoms with E-state index in [4.69, 9.17) is 32.7 Å². The lowest BCUT2D eigenvalue weighted by Crippen LogP contribution is -2.45. The highest BCUT2D eigenvalue weighted by Crippen LogP contribution is 2.34. The molecule has 1 spiro atoms. The molecule has 2 aliphatic heterocycles. The second kappa shape index (κ2) is 7.19. The fourth-order valence-electron chi connectivity index (χ4n) is 3.38. The third kappa shape index (κ3) is 3.60. The zero-order valence-electron chi connectivity index (χ0n) is 14.5. The van der Waals surface area contributed by atoms with Gasteiger partial charge in [0.05, 0.1) is 28.9 Å². The molecule has 8 heteroatoms. The van der Waals surface area contributed by atoms with E-state index in [-0.39, 0.29) is 0 Å². The number of nitrogens with zero attached hydrogens (tertiary/aromatic N) is 3. The molecular formula is C18H20Cl2N4O2. The minimum Gasteiger partial charge on any atom is -0.356 e. The molecule has 2 saturated heterocycles. The Kier molecular flexibility index (Phi) is 4.92. The molecule has 0 bridgehead atoms. The Hall–Kier alpha value is -1.60. The van der Waals surface area contributed by atoms with Gasteiger partial charge in [0, 0.05) is 32.0 Å². The Morgan fingerprint density at radius 2 is 1.85 bits per heavy atom. The summed E-state index contributed by atoms with van der Waals surface area (Å²) in [5.41, 5.74) is 0.716. The number of aromatic nitrogens is 2. The Balaban J connectivity index is 1.52. The largest absolute Gasteiger partial charge is 0.356 e. The van der Waals surface area contributed by atoms with E-state index in [0.717, 1.165) is 31.7 Å². The monoisotopic (exact) mass is 394 g/mol. The molecule has 0 unspecified atom stereocenters. The third-order valence-corrected chi connectivity index (χ3v) is 5.52. The fourth-order valence-corrected chi connectivity index (χ4v) is 3.73. The number of halogens is 2. The van der Waals surface area contributed by atoms with Crippen molar-refractivity contribution in [3.8, 4) is 0 Å². The lowest BCUT2D eigenvalue weighted by atomic mass is 10.0. The van der Waals surface area contributed by atoms with Crippen molar-refractivity contribution in [1.82, 2.24) is 9.97 Å². The van der Waals surface area contributed by atoms with Gasteiger partial charge in [-0.2, -0.15) is 0 Å². The summed E-state index contributed by atoms with van der Waals surface area (Å²) in [5, 5.41) is 4.21. The molecule has 1 N–H and O–H groups in total. The van der Waals surface area contributed by atoms with Crippen molar-refractivity contribution in [3.05, 3.63) is 40.1 Å². The van der Waals surface area contributed by atoms with Gasteiger partial charge in [-0.1, -0.05) is 29.3 Å². The minimum absolute atomic E-state index is 0.395. The number of benzene rings is 1. The molecule has 2 aliphatic rings. The summed E-state index contributed by atoms with van der Waals surface area (Å²) in [4.78, 5) is 11.3. The zero-order chi connectivity index (χ0) is 18.1. The third-order valence-electron chi connectivity index (χ3n) is 4.70. The van der Waals surface area contributed by atoms with Gasteiger partial charge in [0.25, 0.3) is 0 Å². The first-order valence-electron chi connectivity index (χ1n) is 8.64. The molecule has 0 atom stereocenters. The molecule has 4 rings (SSSR count). The molecule has 138 valence electrons. The Labute approximate surface area is 162 Å². The second-order valence-electron chi connectivity index (χ2n) is 6.48. The van der Waals surface area contributed by atoms with Gasteiger partial charge < -0.3 is 19.7 Å². The second-order valence-corrected chi connectivity index (χ2v) is 7.26. The number of anilines is 3. The van der Waals surface area contributed by atoms with Crippen LogP contribution in [-0.2, 0) is 9.47 Å². The van der Waals surface area contributed by atoms with Gasteiger partial charge >= 0.3 is 0 Å². The fraction of sp³-hybridized carbons (Fsp3) is 0.444. The molecule has 0 aliphatic carbocycles. The summed E-state index contributed by atoms with van der Waals surface area (Å²) in [6, 6.07) is 7.39. The van der Waals surface area contributed by atoms with E-state index >= 15 is 0 Å². The summed E-state index contributed by atoms with van der Waals surface area (Å²) in [5.74, 6) is 1.86. The summed E-state index contributed by atoms with van der Waals surface area (Å²) in [7, 11) is 0. The van der Waals surface area contributed by atoms with Crippen LogP contribution in [0.3, 0.4) is 0 Å². The maximum atomic E-state index is 6.26. The van der Waals surface area contributed by atoms with Crippen LogP contribution in [0, 0.1) is 6.92 Å². The van der Waals surface area contributed by atoms with E-state index in [0.29, 0.717) is 40.6 Å². The van der Waals surface area contributed by atoms with Crippen LogP contribution in [0.15, 0.2) is 24.3 Å². The number of hydrogen-bond acceptors (Lipinski definition) is 6. The number of rotatable bonds is 3. The SMILES string of the molecule is Cc1nc(Nc2cccc(Cl)c2Cl)cc(N2CCC3(CC2)OCCO3)n1. The standard InChI is InChI=1S/C18H20Cl2N4O2/c1-12-21-15(23-14-4-2-3-13(19)17(14)20)11-16(22-12)24-7-5-18(6-8-24)25-9-10-26-18/h2-4,11H,5-10H2,1H3,(H,21,22,23). The molecule has 2 aromatic rings. The van der Waals surface area contributed by atoms with E-state index in [1.807, 2.05) is 25.1 Å². The van der Waals surface area contributed by atoms with Crippen LogP contribution in [0.4, 0.5) is 17.3 Å². The number of piperidine rings is 1. The lowest BCUT2D eigenvalue weighted by molar-refractivity contribution is -0.169. The van der Waals surface area contributed by atoms with Gasteiger partial charge in [0.15, 0.2) is 5.79 Å². The van der Waals surface area contributed by atoms with E-state index < -0.39 is 5.79 Å². The molecule has 2 fully saturated rings.